The Hall–Kier alpha value is -1.85. The van der Waals surface area contributed by atoms with Crippen LogP contribution in [0, 0.1) is 6.92 Å². The van der Waals surface area contributed by atoms with E-state index in [0.717, 1.165) is 15.6 Å². The monoisotopic (exact) mass is 364 g/mol. The molecule has 6 heteroatoms. The average Bonchev–Trinajstić information content (AvgIpc) is 2.94. The highest BCUT2D eigenvalue weighted by molar-refractivity contribution is 9.10. The molecule has 0 fully saturated rings. The van der Waals surface area contributed by atoms with Crippen molar-refractivity contribution in [3.05, 3.63) is 51.5 Å². The summed E-state index contributed by atoms with van der Waals surface area (Å²) in [6.45, 7) is 1.81. The lowest BCUT2D eigenvalue weighted by Crippen LogP contribution is -1.84. The summed E-state index contributed by atoms with van der Waals surface area (Å²) in [6.07, 6.45) is 0. The van der Waals surface area contributed by atoms with Gasteiger partial charge in [0.25, 0.3) is 5.89 Å². The third-order valence-electron chi connectivity index (χ3n) is 3.07. The van der Waals surface area contributed by atoms with Gasteiger partial charge in [-0.15, -0.1) is 0 Å². The Morgan fingerprint density at radius 2 is 2.05 bits per heavy atom. The lowest BCUT2D eigenvalue weighted by Gasteiger charge is -2.01. The van der Waals surface area contributed by atoms with Gasteiger partial charge in [-0.3, -0.25) is 0 Å². The van der Waals surface area contributed by atoms with Gasteiger partial charge in [0.15, 0.2) is 0 Å². The van der Waals surface area contributed by atoms with Crippen LogP contribution >= 0.6 is 27.5 Å². The maximum absolute atomic E-state index is 10.1. The predicted octanol–water partition coefficient (Wildman–Crippen LogP) is 4.83. The number of para-hydroxylation sites is 1. The molecule has 0 amide bonds. The minimum Gasteiger partial charge on any atom is -0.507 e. The van der Waals surface area contributed by atoms with Crippen molar-refractivity contribution in [1.82, 2.24) is 10.1 Å². The summed E-state index contributed by atoms with van der Waals surface area (Å²) in [4.78, 5) is 4.32. The Balaban J connectivity index is 2.03. The molecule has 0 saturated carbocycles. The van der Waals surface area contributed by atoms with E-state index in [-0.39, 0.29) is 11.6 Å². The molecule has 4 nitrogen and oxygen atoms in total. The van der Waals surface area contributed by atoms with Crippen LogP contribution in [0.4, 0.5) is 0 Å². The predicted molar refractivity (Wildman–Crippen MR) is 84.3 cm³/mol. The lowest BCUT2D eigenvalue weighted by molar-refractivity contribution is 0.425. The number of nitrogens with zero attached hydrogens (tertiary/aromatic N) is 2. The van der Waals surface area contributed by atoms with E-state index >= 15 is 0 Å². The third-order valence-corrected chi connectivity index (χ3v) is 4.29. The maximum atomic E-state index is 10.1. The molecule has 0 aliphatic rings. The second-order valence-corrected chi connectivity index (χ2v) is 5.78. The number of hydrogen-bond acceptors (Lipinski definition) is 4. The molecule has 3 aromatic rings. The first kappa shape index (κ1) is 14.1. The second kappa shape index (κ2) is 5.50. The fourth-order valence-corrected chi connectivity index (χ4v) is 2.41. The number of aromatic nitrogens is 2. The average molecular weight is 366 g/mol. The Morgan fingerprint density at radius 3 is 2.81 bits per heavy atom. The molecule has 0 unspecified atom stereocenters. The highest BCUT2D eigenvalue weighted by Gasteiger charge is 2.15. The van der Waals surface area contributed by atoms with E-state index in [0.29, 0.717) is 16.4 Å². The number of phenols is 1. The SMILES string of the molecule is Cc1cccc(-c2nc(-c3ccc(Cl)c(Br)c3)no2)c1O. The van der Waals surface area contributed by atoms with Crippen LogP contribution in [0.15, 0.2) is 45.4 Å². The van der Waals surface area contributed by atoms with E-state index in [1.54, 1.807) is 18.2 Å². The molecule has 0 saturated heterocycles. The van der Waals surface area contributed by atoms with Crippen LogP contribution in [0.2, 0.25) is 5.02 Å². The summed E-state index contributed by atoms with van der Waals surface area (Å²) in [7, 11) is 0. The van der Waals surface area contributed by atoms with Crippen LogP contribution in [0.3, 0.4) is 0 Å². The first-order chi connectivity index (χ1) is 10.1. The Kier molecular flexibility index (Phi) is 3.69. The van der Waals surface area contributed by atoms with Gasteiger partial charge in [-0.2, -0.15) is 4.98 Å². The number of aromatic hydroxyl groups is 1. The smallest absolute Gasteiger partial charge is 0.262 e. The molecule has 0 atom stereocenters. The van der Waals surface area contributed by atoms with Gasteiger partial charge in [0, 0.05) is 10.0 Å². The molecule has 0 radical (unpaired) electrons. The highest BCUT2D eigenvalue weighted by Crippen LogP contribution is 2.33. The van der Waals surface area contributed by atoms with E-state index in [1.807, 2.05) is 25.1 Å². The van der Waals surface area contributed by atoms with Crippen molar-refractivity contribution in [3.63, 3.8) is 0 Å². The van der Waals surface area contributed by atoms with Crippen LogP contribution in [0.25, 0.3) is 22.8 Å². The summed E-state index contributed by atoms with van der Waals surface area (Å²) in [5.74, 6) is 0.852. The number of hydrogen-bond donors (Lipinski definition) is 1. The largest absolute Gasteiger partial charge is 0.507 e. The van der Waals surface area contributed by atoms with Crippen LogP contribution < -0.4 is 0 Å². The van der Waals surface area contributed by atoms with E-state index in [4.69, 9.17) is 16.1 Å². The Bertz CT molecular complexity index is 817. The molecular weight excluding hydrogens is 356 g/mol. The van der Waals surface area contributed by atoms with Crippen LogP contribution in [0.1, 0.15) is 5.56 Å². The minimum atomic E-state index is 0.144. The van der Waals surface area contributed by atoms with E-state index < -0.39 is 0 Å². The second-order valence-electron chi connectivity index (χ2n) is 4.52. The van der Waals surface area contributed by atoms with Crippen molar-refractivity contribution < 1.29 is 9.63 Å². The van der Waals surface area contributed by atoms with Crippen molar-refractivity contribution in [2.24, 2.45) is 0 Å². The molecule has 0 aliphatic carbocycles. The number of aryl methyl sites for hydroxylation is 1. The van der Waals surface area contributed by atoms with Crippen LogP contribution in [-0.4, -0.2) is 15.2 Å². The molecule has 106 valence electrons. The topological polar surface area (TPSA) is 59.2 Å². The van der Waals surface area contributed by atoms with Gasteiger partial charge in [-0.25, -0.2) is 0 Å². The van der Waals surface area contributed by atoms with Crippen molar-refractivity contribution in [2.75, 3.05) is 0 Å². The molecule has 1 aromatic heterocycles. The number of rotatable bonds is 2. The third kappa shape index (κ3) is 2.66. The fourth-order valence-electron chi connectivity index (χ4n) is 1.92. The number of benzene rings is 2. The minimum absolute atomic E-state index is 0.144. The zero-order valence-electron chi connectivity index (χ0n) is 11.0. The van der Waals surface area contributed by atoms with Gasteiger partial charge >= 0.3 is 0 Å². The zero-order valence-corrected chi connectivity index (χ0v) is 13.3. The van der Waals surface area contributed by atoms with Crippen molar-refractivity contribution >= 4 is 27.5 Å². The van der Waals surface area contributed by atoms with Crippen LogP contribution in [-0.2, 0) is 0 Å². The van der Waals surface area contributed by atoms with Gasteiger partial charge in [-0.1, -0.05) is 28.9 Å². The van der Waals surface area contributed by atoms with E-state index in [2.05, 4.69) is 26.1 Å². The summed E-state index contributed by atoms with van der Waals surface area (Å²) in [6, 6.07) is 10.7. The van der Waals surface area contributed by atoms with Crippen molar-refractivity contribution in [1.29, 1.82) is 0 Å². The molecule has 2 aromatic carbocycles. The van der Waals surface area contributed by atoms with Crippen LogP contribution in [0.5, 0.6) is 5.75 Å². The van der Waals surface area contributed by atoms with Gasteiger partial charge < -0.3 is 9.63 Å². The maximum Gasteiger partial charge on any atom is 0.262 e. The van der Waals surface area contributed by atoms with E-state index in [9.17, 15) is 5.11 Å². The van der Waals surface area contributed by atoms with Gasteiger partial charge in [0.1, 0.15) is 5.75 Å². The summed E-state index contributed by atoms with van der Waals surface area (Å²) >= 11 is 9.32. The summed E-state index contributed by atoms with van der Waals surface area (Å²) in [5.41, 5.74) is 2.04. The first-order valence-corrected chi connectivity index (χ1v) is 7.31. The normalized spacial score (nSPS) is 10.8. The number of halogens is 2. The Labute approximate surface area is 134 Å². The standard InChI is InChI=1S/C15H10BrClN2O2/c1-8-3-2-4-10(13(8)20)15-18-14(19-21-15)9-5-6-12(17)11(16)7-9/h2-7,20H,1H3. The number of phenolic OH excluding ortho intramolecular Hbond substituents is 1. The lowest BCUT2D eigenvalue weighted by atomic mass is 10.1. The van der Waals surface area contributed by atoms with Crippen molar-refractivity contribution in [2.45, 2.75) is 6.92 Å². The first-order valence-electron chi connectivity index (χ1n) is 6.14. The zero-order chi connectivity index (χ0) is 15.0. The molecule has 3 rings (SSSR count). The van der Waals surface area contributed by atoms with Gasteiger partial charge in [0.2, 0.25) is 5.82 Å². The molecule has 0 spiro atoms. The molecule has 0 aliphatic heterocycles. The van der Waals surface area contributed by atoms with Crippen molar-refractivity contribution in [3.8, 4) is 28.6 Å². The highest BCUT2D eigenvalue weighted by atomic mass is 79.9. The van der Waals surface area contributed by atoms with E-state index in [1.165, 1.54) is 0 Å². The fraction of sp³-hybridized carbons (Fsp3) is 0.0667. The molecule has 1 heterocycles. The Morgan fingerprint density at radius 1 is 1.24 bits per heavy atom. The molecule has 21 heavy (non-hydrogen) atoms. The molecule has 1 N–H and O–H groups in total. The van der Waals surface area contributed by atoms with Gasteiger partial charge in [-0.05, 0) is 52.7 Å². The quantitative estimate of drug-likeness (QED) is 0.706. The molecular formula is C15H10BrClN2O2. The molecule has 0 bridgehead atoms. The van der Waals surface area contributed by atoms with Gasteiger partial charge in [0.05, 0.1) is 10.6 Å². The summed E-state index contributed by atoms with van der Waals surface area (Å²) < 4.78 is 6.00. The summed E-state index contributed by atoms with van der Waals surface area (Å²) in [5, 5.41) is 14.6.